The zero-order valence-corrected chi connectivity index (χ0v) is 13.8. The third kappa shape index (κ3) is 2.95. The first-order chi connectivity index (χ1) is 10.5. The molecule has 1 unspecified atom stereocenters. The molecular weight excluding hydrogens is 295 g/mol. The van der Waals surface area contributed by atoms with E-state index in [9.17, 15) is 9.46 Å². The van der Waals surface area contributed by atoms with E-state index < -0.39 is 7.37 Å². The van der Waals surface area contributed by atoms with Gasteiger partial charge in [0.05, 0.1) is 6.29 Å². The maximum Gasteiger partial charge on any atom is 0.215 e. The highest BCUT2D eigenvalue weighted by atomic mass is 31.2. The third-order valence-corrected chi connectivity index (χ3v) is 5.76. The zero-order chi connectivity index (χ0) is 15.7. The number of para-hydroxylation sites is 2. The van der Waals surface area contributed by atoms with Gasteiger partial charge in [0.2, 0.25) is 7.37 Å². The number of aromatic nitrogens is 1. The second kappa shape index (κ2) is 5.88. The minimum absolute atomic E-state index is 0.226. The molecule has 1 aromatic heterocycles. The van der Waals surface area contributed by atoms with E-state index in [1.807, 2.05) is 38.4 Å². The van der Waals surface area contributed by atoms with Crippen LogP contribution >= 0.6 is 7.37 Å². The molecule has 0 bridgehead atoms. The maximum absolute atomic E-state index is 12.3. The van der Waals surface area contributed by atoms with Crippen molar-refractivity contribution >= 4 is 29.2 Å². The standard InChI is InChI=1S/C17H21N2O2P/c1-18(2)13-22(20,21)12-11-19-16-9-5-3-7-14(16)15-8-4-6-10-17(15)19/h3-10H,11-13H2,1-2H3,(H,20,21). The Hall–Kier alpha value is -1.61. The van der Waals surface area contributed by atoms with Crippen molar-refractivity contribution in [2.24, 2.45) is 0 Å². The highest BCUT2D eigenvalue weighted by Gasteiger charge is 2.20. The number of aryl methyl sites for hydroxylation is 1. The van der Waals surface area contributed by atoms with Crippen LogP contribution in [0.1, 0.15) is 0 Å². The first-order valence-electron chi connectivity index (χ1n) is 7.39. The van der Waals surface area contributed by atoms with Crippen LogP contribution in [0.25, 0.3) is 21.8 Å². The van der Waals surface area contributed by atoms with Crippen molar-refractivity contribution in [3.63, 3.8) is 0 Å². The van der Waals surface area contributed by atoms with Crippen LogP contribution in [-0.4, -0.2) is 40.9 Å². The maximum atomic E-state index is 12.3. The minimum atomic E-state index is -3.14. The Morgan fingerprint density at radius 2 is 1.50 bits per heavy atom. The highest BCUT2D eigenvalue weighted by Crippen LogP contribution is 2.41. The normalized spacial score (nSPS) is 14.7. The summed E-state index contributed by atoms with van der Waals surface area (Å²) in [6, 6.07) is 16.4. The summed E-state index contributed by atoms with van der Waals surface area (Å²) in [6.45, 7) is 0.551. The average Bonchev–Trinajstić information content (AvgIpc) is 2.78. The summed E-state index contributed by atoms with van der Waals surface area (Å²) < 4.78 is 14.4. The molecule has 2 aromatic carbocycles. The van der Waals surface area contributed by atoms with Crippen molar-refractivity contribution in [2.75, 3.05) is 26.5 Å². The molecule has 0 spiro atoms. The van der Waals surface area contributed by atoms with Crippen LogP contribution in [0.2, 0.25) is 0 Å². The SMILES string of the molecule is CN(C)CP(=O)(O)CCn1c2ccccc2c2ccccc21. The molecule has 3 aromatic rings. The number of nitrogens with zero attached hydrogens (tertiary/aromatic N) is 2. The quantitative estimate of drug-likeness (QED) is 0.732. The number of benzene rings is 2. The molecule has 0 aliphatic heterocycles. The van der Waals surface area contributed by atoms with Crippen molar-refractivity contribution in [1.29, 1.82) is 0 Å². The van der Waals surface area contributed by atoms with E-state index in [1.165, 1.54) is 10.8 Å². The van der Waals surface area contributed by atoms with Crippen LogP contribution in [-0.2, 0) is 11.1 Å². The summed E-state index contributed by atoms with van der Waals surface area (Å²) in [4.78, 5) is 11.9. The Morgan fingerprint density at radius 1 is 1.00 bits per heavy atom. The predicted molar refractivity (Wildman–Crippen MR) is 92.7 cm³/mol. The van der Waals surface area contributed by atoms with Gasteiger partial charge in [0.25, 0.3) is 0 Å². The van der Waals surface area contributed by atoms with Gasteiger partial charge in [0.15, 0.2) is 0 Å². The van der Waals surface area contributed by atoms with Gasteiger partial charge in [-0.25, -0.2) is 0 Å². The Balaban J connectivity index is 2.01. The van der Waals surface area contributed by atoms with Crippen LogP contribution in [0.5, 0.6) is 0 Å². The minimum Gasteiger partial charge on any atom is -0.343 e. The lowest BCUT2D eigenvalue weighted by Crippen LogP contribution is -2.16. The molecule has 1 atom stereocenters. The van der Waals surface area contributed by atoms with Crippen molar-refractivity contribution in [1.82, 2.24) is 9.47 Å². The first kappa shape index (κ1) is 15.3. The number of rotatable bonds is 5. The smallest absolute Gasteiger partial charge is 0.215 e. The van der Waals surface area contributed by atoms with Crippen molar-refractivity contribution < 1.29 is 9.46 Å². The second-order valence-corrected chi connectivity index (χ2v) is 8.40. The number of hydrogen-bond donors (Lipinski definition) is 1. The molecule has 0 radical (unpaired) electrons. The molecule has 3 rings (SSSR count). The molecule has 0 saturated heterocycles. The number of hydrogen-bond acceptors (Lipinski definition) is 2. The summed E-state index contributed by atoms with van der Waals surface area (Å²) in [5.41, 5.74) is 2.24. The van der Waals surface area contributed by atoms with Gasteiger partial charge in [0.1, 0.15) is 0 Å². The molecule has 0 aliphatic rings. The molecule has 1 N–H and O–H groups in total. The average molecular weight is 316 g/mol. The molecular formula is C17H21N2O2P. The van der Waals surface area contributed by atoms with Crippen LogP contribution in [0.3, 0.4) is 0 Å². The van der Waals surface area contributed by atoms with E-state index in [1.54, 1.807) is 4.90 Å². The molecule has 0 aliphatic carbocycles. The van der Waals surface area contributed by atoms with E-state index in [4.69, 9.17) is 0 Å². The van der Waals surface area contributed by atoms with E-state index >= 15 is 0 Å². The van der Waals surface area contributed by atoms with Gasteiger partial charge in [0, 0.05) is 34.5 Å². The Labute approximate surface area is 130 Å². The highest BCUT2D eigenvalue weighted by molar-refractivity contribution is 7.57. The third-order valence-electron chi connectivity index (χ3n) is 3.86. The van der Waals surface area contributed by atoms with Crippen molar-refractivity contribution in [3.05, 3.63) is 48.5 Å². The largest absolute Gasteiger partial charge is 0.343 e. The van der Waals surface area contributed by atoms with Crippen LogP contribution in [0, 0.1) is 0 Å². The fraction of sp³-hybridized carbons (Fsp3) is 0.294. The van der Waals surface area contributed by atoms with E-state index in [2.05, 4.69) is 28.8 Å². The van der Waals surface area contributed by atoms with E-state index in [-0.39, 0.29) is 12.4 Å². The molecule has 0 amide bonds. The lowest BCUT2D eigenvalue weighted by molar-refractivity contribution is 0.412. The molecule has 0 fully saturated rings. The Morgan fingerprint density at radius 3 is 2.00 bits per heavy atom. The van der Waals surface area contributed by atoms with Crippen LogP contribution in [0.15, 0.2) is 48.5 Å². The second-order valence-electron chi connectivity index (χ2n) is 5.98. The fourth-order valence-electron chi connectivity index (χ4n) is 3.01. The molecule has 5 heteroatoms. The summed E-state index contributed by atoms with van der Waals surface area (Å²) in [6.07, 6.45) is 0.512. The monoisotopic (exact) mass is 316 g/mol. The predicted octanol–water partition coefficient (Wildman–Crippen LogP) is 3.58. The van der Waals surface area contributed by atoms with E-state index in [0.717, 1.165) is 11.0 Å². The zero-order valence-electron chi connectivity index (χ0n) is 12.9. The Bertz CT molecular complexity index is 801. The fourth-order valence-corrected chi connectivity index (χ4v) is 4.55. The summed E-state index contributed by atoms with van der Waals surface area (Å²) in [5, 5.41) is 2.39. The lowest BCUT2D eigenvalue weighted by atomic mass is 10.2. The lowest BCUT2D eigenvalue weighted by Gasteiger charge is -2.17. The summed E-state index contributed by atoms with van der Waals surface area (Å²) in [7, 11) is 0.505. The van der Waals surface area contributed by atoms with E-state index in [0.29, 0.717) is 6.54 Å². The van der Waals surface area contributed by atoms with Gasteiger partial charge in [-0.1, -0.05) is 36.4 Å². The van der Waals surface area contributed by atoms with Crippen molar-refractivity contribution in [3.8, 4) is 0 Å². The summed E-state index contributed by atoms with van der Waals surface area (Å²) >= 11 is 0. The van der Waals surface area contributed by atoms with Gasteiger partial charge in [-0.3, -0.25) is 4.57 Å². The topological polar surface area (TPSA) is 45.5 Å². The van der Waals surface area contributed by atoms with Gasteiger partial charge >= 0.3 is 0 Å². The van der Waals surface area contributed by atoms with Gasteiger partial charge in [-0.2, -0.15) is 0 Å². The van der Waals surface area contributed by atoms with Crippen molar-refractivity contribution in [2.45, 2.75) is 6.54 Å². The molecule has 4 nitrogen and oxygen atoms in total. The van der Waals surface area contributed by atoms with Gasteiger partial charge < -0.3 is 14.4 Å². The Kier molecular flexibility index (Phi) is 4.09. The van der Waals surface area contributed by atoms with Crippen LogP contribution in [0.4, 0.5) is 0 Å². The van der Waals surface area contributed by atoms with Gasteiger partial charge in [-0.05, 0) is 26.2 Å². The van der Waals surface area contributed by atoms with Crippen LogP contribution < -0.4 is 0 Å². The molecule has 22 heavy (non-hydrogen) atoms. The number of fused-ring (bicyclic) bond motifs is 3. The van der Waals surface area contributed by atoms with Gasteiger partial charge in [-0.15, -0.1) is 0 Å². The molecule has 1 heterocycles. The molecule has 0 saturated carbocycles. The first-order valence-corrected chi connectivity index (χ1v) is 9.42. The summed E-state index contributed by atoms with van der Waals surface area (Å²) in [5.74, 6) is 0. The molecule has 116 valence electrons.